The van der Waals surface area contributed by atoms with Gasteiger partial charge in [-0.3, -0.25) is 0 Å². The molecule has 0 spiro atoms. The van der Waals surface area contributed by atoms with Gasteiger partial charge in [-0.1, -0.05) is 26.0 Å². The van der Waals surface area contributed by atoms with E-state index in [1.54, 1.807) is 0 Å². The lowest BCUT2D eigenvalue weighted by Crippen LogP contribution is -2.32. The number of ether oxygens (including phenoxy) is 1. The first kappa shape index (κ1) is 12.5. The molecule has 0 bridgehead atoms. The zero-order valence-electron chi connectivity index (χ0n) is 10.4. The van der Waals surface area contributed by atoms with E-state index in [4.69, 9.17) is 4.74 Å². The summed E-state index contributed by atoms with van der Waals surface area (Å²) in [7, 11) is -1.47. The Morgan fingerprint density at radius 1 is 1.35 bits per heavy atom. The zero-order chi connectivity index (χ0) is 12.4. The lowest BCUT2D eigenvalue weighted by atomic mass is 9.78. The quantitative estimate of drug-likeness (QED) is 0.754. The van der Waals surface area contributed by atoms with E-state index < -0.39 is 7.12 Å². The van der Waals surface area contributed by atoms with E-state index in [2.05, 4.69) is 13.8 Å². The van der Waals surface area contributed by atoms with Crippen LogP contribution < -0.4 is 10.2 Å². The van der Waals surface area contributed by atoms with Crippen molar-refractivity contribution in [2.75, 3.05) is 6.61 Å². The summed E-state index contributed by atoms with van der Waals surface area (Å²) in [6.07, 6.45) is 2.45. The summed E-state index contributed by atoms with van der Waals surface area (Å²) in [5, 5.41) is 18.7. The maximum Gasteiger partial charge on any atom is 0.492 e. The number of rotatable bonds is 5. The van der Waals surface area contributed by atoms with Crippen LogP contribution in [0.2, 0.25) is 0 Å². The van der Waals surface area contributed by atoms with Crippen LogP contribution in [0.4, 0.5) is 0 Å². The molecule has 92 valence electrons. The molecule has 0 heterocycles. The minimum absolute atomic E-state index is 0.366. The highest BCUT2D eigenvalue weighted by molar-refractivity contribution is 6.59. The van der Waals surface area contributed by atoms with Crippen molar-refractivity contribution in [3.63, 3.8) is 0 Å². The molecule has 17 heavy (non-hydrogen) atoms. The van der Waals surface area contributed by atoms with E-state index >= 15 is 0 Å². The minimum atomic E-state index is -1.47. The fourth-order valence-electron chi connectivity index (χ4n) is 1.75. The van der Waals surface area contributed by atoms with Crippen molar-refractivity contribution in [1.82, 2.24) is 0 Å². The smallest absolute Gasteiger partial charge is 0.492 e. The van der Waals surface area contributed by atoms with Crippen molar-refractivity contribution in [2.24, 2.45) is 5.92 Å². The molecular weight excluding hydrogens is 215 g/mol. The maximum absolute atomic E-state index is 9.37. The van der Waals surface area contributed by atoms with Crippen LogP contribution in [0.3, 0.4) is 0 Å². The summed E-state index contributed by atoms with van der Waals surface area (Å²) in [4.78, 5) is 0. The highest BCUT2D eigenvalue weighted by Gasteiger charge is 2.24. The molecule has 0 unspecified atom stereocenters. The lowest BCUT2D eigenvalue weighted by molar-refractivity contribution is 0.300. The monoisotopic (exact) mass is 234 g/mol. The van der Waals surface area contributed by atoms with E-state index in [9.17, 15) is 10.0 Å². The van der Waals surface area contributed by atoms with Crippen LogP contribution >= 0.6 is 0 Å². The fourth-order valence-corrected chi connectivity index (χ4v) is 1.75. The Hall–Kier alpha value is -0.995. The van der Waals surface area contributed by atoms with Gasteiger partial charge in [0.1, 0.15) is 5.75 Å². The van der Waals surface area contributed by atoms with Crippen LogP contribution in [0.5, 0.6) is 5.75 Å². The Balaban J connectivity index is 2.17. The zero-order valence-corrected chi connectivity index (χ0v) is 10.4. The van der Waals surface area contributed by atoms with Gasteiger partial charge in [-0.25, -0.2) is 0 Å². The van der Waals surface area contributed by atoms with Crippen molar-refractivity contribution in [3.8, 4) is 5.75 Å². The molecule has 1 aromatic rings. The summed E-state index contributed by atoms with van der Waals surface area (Å²) in [5.74, 6) is 1.62. The lowest BCUT2D eigenvalue weighted by Gasteiger charge is -2.14. The van der Waals surface area contributed by atoms with Crippen LogP contribution in [0.15, 0.2) is 18.2 Å². The van der Waals surface area contributed by atoms with Gasteiger partial charge in [0.2, 0.25) is 0 Å². The van der Waals surface area contributed by atoms with Gasteiger partial charge < -0.3 is 14.8 Å². The molecule has 1 aliphatic carbocycles. The van der Waals surface area contributed by atoms with Crippen molar-refractivity contribution in [1.29, 1.82) is 0 Å². The van der Waals surface area contributed by atoms with Gasteiger partial charge >= 0.3 is 7.12 Å². The predicted octanol–water partition coefficient (Wildman–Crippen LogP) is 1.28. The number of hydrogen-bond acceptors (Lipinski definition) is 3. The molecular formula is C13H19BO3. The van der Waals surface area contributed by atoms with Gasteiger partial charge in [-0.15, -0.1) is 0 Å². The molecule has 4 heteroatoms. The Labute approximate surface area is 103 Å². The molecule has 1 aromatic carbocycles. The summed E-state index contributed by atoms with van der Waals surface area (Å²) >= 11 is 0. The molecule has 0 saturated heterocycles. The fraction of sp³-hybridized carbons (Fsp3) is 0.538. The van der Waals surface area contributed by atoms with E-state index in [1.807, 2.05) is 18.2 Å². The first-order valence-corrected chi connectivity index (χ1v) is 6.20. The van der Waals surface area contributed by atoms with Gasteiger partial charge in [-0.2, -0.15) is 0 Å². The molecule has 0 amide bonds. The van der Waals surface area contributed by atoms with Gasteiger partial charge in [0.15, 0.2) is 0 Å². The maximum atomic E-state index is 9.37. The Morgan fingerprint density at radius 2 is 2.06 bits per heavy atom. The second-order valence-corrected chi connectivity index (χ2v) is 5.08. The average molecular weight is 234 g/mol. The normalized spacial score (nSPS) is 15.1. The second kappa shape index (κ2) is 5.11. The van der Waals surface area contributed by atoms with Crippen molar-refractivity contribution >= 4 is 12.6 Å². The van der Waals surface area contributed by atoms with Crippen LogP contribution in [0.1, 0.15) is 38.2 Å². The van der Waals surface area contributed by atoms with E-state index in [1.165, 1.54) is 12.8 Å². The Morgan fingerprint density at radius 3 is 2.59 bits per heavy atom. The third-order valence-electron chi connectivity index (χ3n) is 3.15. The van der Waals surface area contributed by atoms with E-state index in [0.717, 1.165) is 5.56 Å². The van der Waals surface area contributed by atoms with Crippen LogP contribution in [0.25, 0.3) is 0 Å². The Bertz CT molecular complexity index is 386. The molecule has 1 fully saturated rings. The van der Waals surface area contributed by atoms with Crippen molar-refractivity contribution in [3.05, 3.63) is 23.8 Å². The first-order chi connectivity index (χ1) is 8.08. The molecule has 2 rings (SSSR count). The standard InChI is InChI=1S/C13H19BO3/c1-9(2)11-5-6-13(12(7-11)14(15)16)17-8-10-3-4-10/h5-7,9-10,15-16H,3-4,8H2,1-2H3. The van der Waals surface area contributed by atoms with Crippen molar-refractivity contribution in [2.45, 2.75) is 32.6 Å². The molecule has 0 atom stereocenters. The van der Waals surface area contributed by atoms with Gasteiger partial charge in [0, 0.05) is 5.46 Å². The van der Waals surface area contributed by atoms with Gasteiger partial charge in [-0.05, 0) is 36.3 Å². The van der Waals surface area contributed by atoms with E-state index in [0.29, 0.717) is 29.7 Å². The van der Waals surface area contributed by atoms with E-state index in [-0.39, 0.29) is 0 Å². The molecule has 0 radical (unpaired) electrons. The van der Waals surface area contributed by atoms with Crippen molar-refractivity contribution < 1.29 is 14.8 Å². The Kier molecular flexibility index (Phi) is 3.74. The second-order valence-electron chi connectivity index (χ2n) is 5.08. The molecule has 3 nitrogen and oxygen atoms in total. The van der Waals surface area contributed by atoms with Crippen LogP contribution in [0, 0.1) is 5.92 Å². The third kappa shape index (κ3) is 3.24. The summed E-state index contributed by atoms with van der Waals surface area (Å²) < 4.78 is 5.64. The molecule has 1 saturated carbocycles. The van der Waals surface area contributed by atoms with Crippen LogP contribution in [-0.2, 0) is 0 Å². The van der Waals surface area contributed by atoms with Crippen LogP contribution in [-0.4, -0.2) is 23.8 Å². The van der Waals surface area contributed by atoms with Gasteiger partial charge in [0.05, 0.1) is 6.61 Å². The first-order valence-electron chi connectivity index (χ1n) is 6.20. The highest BCUT2D eigenvalue weighted by Crippen LogP contribution is 2.29. The SMILES string of the molecule is CC(C)c1ccc(OCC2CC2)c(B(O)O)c1. The third-order valence-corrected chi connectivity index (χ3v) is 3.15. The molecule has 0 aromatic heterocycles. The average Bonchev–Trinajstić information content (AvgIpc) is 3.09. The highest BCUT2D eigenvalue weighted by atomic mass is 16.5. The molecule has 1 aliphatic rings. The largest absolute Gasteiger partial charge is 0.494 e. The topological polar surface area (TPSA) is 49.7 Å². The number of hydrogen-bond donors (Lipinski definition) is 2. The molecule has 2 N–H and O–H groups in total. The van der Waals surface area contributed by atoms with Gasteiger partial charge in [0.25, 0.3) is 0 Å². The summed E-state index contributed by atoms with van der Waals surface area (Å²) in [6.45, 7) is 4.84. The minimum Gasteiger partial charge on any atom is -0.494 e. The number of benzene rings is 1. The summed E-state index contributed by atoms with van der Waals surface area (Å²) in [5.41, 5.74) is 1.56. The predicted molar refractivity (Wildman–Crippen MR) is 68.6 cm³/mol. The summed E-state index contributed by atoms with van der Waals surface area (Å²) in [6, 6.07) is 5.64. The molecule has 0 aliphatic heterocycles.